The van der Waals surface area contributed by atoms with Crippen LogP contribution in [0.5, 0.6) is 0 Å². The molecule has 0 bridgehead atoms. The van der Waals surface area contributed by atoms with Crippen LogP contribution in [-0.2, 0) is 37.5 Å². The average Bonchev–Trinajstić information content (AvgIpc) is 3.24. The highest BCUT2D eigenvalue weighted by Crippen LogP contribution is 2.43. The summed E-state index contributed by atoms with van der Waals surface area (Å²) in [7, 11) is -4.72. The van der Waals surface area contributed by atoms with Crippen LogP contribution in [0.25, 0.3) is 0 Å². The summed E-state index contributed by atoms with van der Waals surface area (Å²) in [5.74, 6) is -2.37. The zero-order chi connectivity index (χ0) is 44.9. The zero-order valence-corrected chi connectivity index (χ0v) is 39.9. The Kier molecular flexibility index (Phi) is 43.1. The lowest BCUT2D eigenvalue weighted by Gasteiger charge is -2.20. The van der Waals surface area contributed by atoms with Crippen molar-refractivity contribution in [2.24, 2.45) is 5.73 Å². The van der Waals surface area contributed by atoms with Crippen LogP contribution in [0.15, 0.2) is 24.3 Å². The van der Waals surface area contributed by atoms with Crippen molar-refractivity contribution < 1.29 is 47.5 Å². The van der Waals surface area contributed by atoms with Gasteiger partial charge in [-0.05, 0) is 44.9 Å². The fourth-order valence-electron chi connectivity index (χ4n) is 7.04. The number of aliphatic carboxylic acids is 1. The zero-order valence-electron chi connectivity index (χ0n) is 39.0. The number of carbonyl (C=O) groups is 3. The highest BCUT2D eigenvalue weighted by molar-refractivity contribution is 7.47. The van der Waals surface area contributed by atoms with E-state index < -0.39 is 51.1 Å². The SMILES string of the molecule is CCCCC/C=C/C/C=C/CCCCCCCCCCCC(=O)OC[C@H](COP(=O)(O)OC[C@H](N)C(=O)O)OC(=O)CCCCCCCCCCCCCCCCCCCC. The summed E-state index contributed by atoms with van der Waals surface area (Å²) in [5, 5.41) is 8.91. The van der Waals surface area contributed by atoms with Gasteiger partial charge in [-0.3, -0.25) is 23.4 Å². The molecule has 0 radical (unpaired) electrons. The summed E-state index contributed by atoms with van der Waals surface area (Å²) in [6, 6.07) is -1.52. The number of nitrogens with two attached hydrogens (primary N) is 1. The van der Waals surface area contributed by atoms with E-state index in [9.17, 15) is 23.8 Å². The molecule has 0 fully saturated rings. The van der Waals surface area contributed by atoms with E-state index in [1.54, 1.807) is 0 Å². The molecule has 358 valence electrons. The maximum atomic E-state index is 12.7. The third-order valence-corrected chi connectivity index (χ3v) is 11.9. The maximum Gasteiger partial charge on any atom is 0.472 e. The number of hydrogen-bond acceptors (Lipinski definition) is 9. The van der Waals surface area contributed by atoms with Gasteiger partial charge < -0.3 is 25.2 Å². The number of rotatable bonds is 47. The van der Waals surface area contributed by atoms with Gasteiger partial charge in [-0.15, -0.1) is 0 Å². The van der Waals surface area contributed by atoms with Gasteiger partial charge in [-0.25, -0.2) is 4.57 Å². The molecule has 3 atom stereocenters. The molecular formula is C49H92NO10P. The molecule has 0 saturated carbocycles. The normalized spacial score (nSPS) is 13.8. The standard InChI is InChI=1S/C49H92NO10P/c1-3-5-7-9-11-13-15-17-19-21-23-25-26-28-30-32-34-36-38-40-47(51)57-42-45(43-58-61(55,56)59-44-46(50)49(53)54)60-48(52)41-39-37-35-33-31-29-27-24-22-20-18-16-14-12-10-8-6-4-2/h11,13,17,19,45-46H,3-10,12,14-16,18,20-44,50H2,1-2H3,(H,53,54)(H,55,56)/b13-11+,19-17+/t45-,46+/m1/s1. The van der Waals surface area contributed by atoms with Crippen LogP contribution >= 0.6 is 7.82 Å². The lowest BCUT2D eigenvalue weighted by atomic mass is 10.0. The fourth-order valence-corrected chi connectivity index (χ4v) is 7.82. The van der Waals surface area contributed by atoms with Crippen LogP contribution in [0, 0.1) is 0 Å². The number of phosphoric acid groups is 1. The van der Waals surface area contributed by atoms with Crippen molar-refractivity contribution in [1.29, 1.82) is 0 Å². The largest absolute Gasteiger partial charge is 0.480 e. The highest BCUT2D eigenvalue weighted by Gasteiger charge is 2.28. The average molecular weight is 886 g/mol. The van der Waals surface area contributed by atoms with Crippen molar-refractivity contribution in [3.63, 3.8) is 0 Å². The summed E-state index contributed by atoms with van der Waals surface area (Å²) in [6.07, 6.45) is 48.0. The topological polar surface area (TPSA) is 172 Å². The summed E-state index contributed by atoms with van der Waals surface area (Å²) >= 11 is 0. The number of carboxylic acid groups (broad SMARTS) is 1. The Morgan fingerprint density at radius 3 is 1.31 bits per heavy atom. The molecule has 0 aromatic rings. The Morgan fingerprint density at radius 1 is 0.508 bits per heavy atom. The van der Waals surface area contributed by atoms with E-state index in [1.807, 2.05) is 0 Å². The van der Waals surface area contributed by atoms with Crippen molar-refractivity contribution in [3.05, 3.63) is 24.3 Å². The third kappa shape index (κ3) is 44.4. The van der Waals surface area contributed by atoms with E-state index in [1.165, 1.54) is 148 Å². The molecule has 0 rings (SSSR count). The van der Waals surface area contributed by atoms with Gasteiger partial charge >= 0.3 is 25.7 Å². The molecule has 0 amide bonds. The molecule has 11 nitrogen and oxygen atoms in total. The highest BCUT2D eigenvalue weighted by atomic mass is 31.2. The molecule has 4 N–H and O–H groups in total. The number of allylic oxidation sites excluding steroid dienone is 4. The molecule has 0 saturated heterocycles. The fraction of sp³-hybridized carbons (Fsp3) is 0.857. The van der Waals surface area contributed by atoms with Crippen molar-refractivity contribution in [1.82, 2.24) is 0 Å². The van der Waals surface area contributed by atoms with Crippen molar-refractivity contribution in [2.75, 3.05) is 19.8 Å². The Morgan fingerprint density at radius 2 is 0.869 bits per heavy atom. The smallest absolute Gasteiger partial charge is 0.472 e. The molecule has 61 heavy (non-hydrogen) atoms. The number of ether oxygens (including phenoxy) is 2. The Labute approximate surface area is 372 Å². The second-order valence-electron chi connectivity index (χ2n) is 17.0. The number of esters is 2. The Bertz CT molecular complexity index is 1130. The molecule has 0 aromatic heterocycles. The van der Waals surface area contributed by atoms with Gasteiger partial charge in [-0.1, -0.05) is 205 Å². The first kappa shape index (κ1) is 59.0. The van der Waals surface area contributed by atoms with Gasteiger partial charge in [0.15, 0.2) is 6.10 Å². The van der Waals surface area contributed by atoms with Crippen LogP contribution in [0.4, 0.5) is 0 Å². The third-order valence-electron chi connectivity index (χ3n) is 11.0. The monoisotopic (exact) mass is 886 g/mol. The molecular weight excluding hydrogens is 794 g/mol. The van der Waals surface area contributed by atoms with E-state index >= 15 is 0 Å². The molecule has 0 spiro atoms. The number of unbranched alkanes of at least 4 members (excludes halogenated alkanes) is 29. The first-order valence-corrected chi connectivity index (χ1v) is 26.4. The van der Waals surface area contributed by atoms with Crippen LogP contribution in [0.3, 0.4) is 0 Å². The molecule has 0 heterocycles. The quantitative estimate of drug-likeness (QED) is 0.0230. The first-order chi connectivity index (χ1) is 29.6. The molecule has 0 aliphatic heterocycles. The predicted octanol–water partition coefficient (Wildman–Crippen LogP) is 13.8. The summed E-state index contributed by atoms with van der Waals surface area (Å²) in [6.45, 7) is 2.82. The molecule has 12 heteroatoms. The van der Waals surface area contributed by atoms with Gasteiger partial charge in [0.2, 0.25) is 0 Å². The predicted molar refractivity (Wildman–Crippen MR) is 249 cm³/mol. The number of hydrogen-bond donors (Lipinski definition) is 3. The minimum absolute atomic E-state index is 0.165. The molecule has 0 aliphatic carbocycles. The van der Waals surface area contributed by atoms with E-state index in [0.717, 1.165) is 51.4 Å². The van der Waals surface area contributed by atoms with Gasteiger partial charge in [0.25, 0.3) is 0 Å². The molecule has 0 aromatic carbocycles. The summed E-state index contributed by atoms with van der Waals surface area (Å²) < 4.78 is 32.8. The Balaban J connectivity index is 4.25. The summed E-state index contributed by atoms with van der Waals surface area (Å²) in [5.41, 5.74) is 5.35. The molecule has 1 unspecified atom stereocenters. The van der Waals surface area contributed by atoms with Crippen LogP contribution in [-0.4, -0.2) is 59.9 Å². The van der Waals surface area contributed by atoms with Gasteiger partial charge in [0, 0.05) is 12.8 Å². The first-order valence-electron chi connectivity index (χ1n) is 24.9. The number of carboxylic acids is 1. The second kappa shape index (κ2) is 44.6. The van der Waals surface area contributed by atoms with E-state index in [4.69, 9.17) is 24.8 Å². The van der Waals surface area contributed by atoms with E-state index in [-0.39, 0.29) is 19.4 Å². The van der Waals surface area contributed by atoms with Gasteiger partial charge in [0.05, 0.1) is 13.2 Å². The lowest BCUT2D eigenvalue weighted by molar-refractivity contribution is -0.161. The van der Waals surface area contributed by atoms with E-state index in [2.05, 4.69) is 42.7 Å². The lowest BCUT2D eigenvalue weighted by Crippen LogP contribution is -2.34. The minimum atomic E-state index is -4.72. The number of carbonyl (C=O) groups excluding carboxylic acids is 2. The van der Waals surface area contributed by atoms with E-state index in [0.29, 0.717) is 12.8 Å². The number of phosphoric ester groups is 1. The van der Waals surface area contributed by atoms with Crippen LogP contribution < -0.4 is 5.73 Å². The van der Waals surface area contributed by atoms with Crippen molar-refractivity contribution in [3.8, 4) is 0 Å². The second-order valence-corrected chi connectivity index (χ2v) is 18.4. The maximum absolute atomic E-state index is 12.7. The Hall–Kier alpha value is -2.04. The minimum Gasteiger partial charge on any atom is -0.480 e. The van der Waals surface area contributed by atoms with Gasteiger partial charge in [-0.2, -0.15) is 0 Å². The van der Waals surface area contributed by atoms with Crippen LogP contribution in [0.2, 0.25) is 0 Å². The van der Waals surface area contributed by atoms with Crippen molar-refractivity contribution in [2.45, 2.75) is 251 Å². The van der Waals surface area contributed by atoms with Crippen LogP contribution in [0.1, 0.15) is 239 Å². The van der Waals surface area contributed by atoms with Crippen molar-refractivity contribution >= 4 is 25.7 Å². The van der Waals surface area contributed by atoms with Gasteiger partial charge in [0.1, 0.15) is 12.6 Å². The molecule has 0 aliphatic rings. The summed E-state index contributed by atoms with van der Waals surface area (Å²) in [4.78, 5) is 46.1.